The minimum absolute atomic E-state index is 0. The zero-order chi connectivity index (χ0) is 25.2. The zero-order valence-electron chi connectivity index (χ0n) is 19.4. The summed E-state index contributed by atoms with van der Waals surface area (Å²) in [5.74, 6) is 0.864. The summed E-state index contributed by atoms with van der Waals surface area (Å²) < 4.78 is 37.1. The second-order valence-electron chi connectivity index (χ2n) is 8.49. The molecule has 0 spiro atoms. The molecule has 0 atom stereocenters. The summed E-state index contributed by atoms with van der Waals surface area (Å²) in [6, 6.07) is 8.31. The van der Waals surface area contributed by atoms with Crippen LogP contribution in [0, 0.1) is 0 Å². The molecule has 0 aliphatic carbocycles. The molecule has 2 N–H and O–H groups in total. The third-order valence-electron chi connectivity index (χ3n) is 5.23. The van der Waals surface area contributed by atoms with Crippen LogP contribution in [0.2, 0.25) is 0 Å². The monoisotopic (exact) mass is 507 g/mol. The molecule has 4 rings (SSSR count). The molecular formula is C23H28F3N7OS. The van der Waals surface area contributed by atoms with Gasteiger partial charge in [0.2, 0.25) is 5.91 Å². The predicted molar refractivity (Wildman–Crippen MR) is 135 cm³/mol. The number of rotatable bonds is 6. The van der Waals surface area contributed by atoms with Crippen LogP contribution in [0.5, 0.6) is 0 Å². The van der Waals surface area contributed by atoms with Gasteiger partial charge in [0.25, 0.3) is 0 Å². The molecule has 1 aromatic heterocycles. The van der Waals surface area contributed by atoms with Crippen molar-refractivity contribution >= 4 is 46.5 Å². The van der Waals surface area contributed by atoms with Crippen molar-refractivity contribution in [1.82, 2.24) is 15.4 Å². The van der Waals surface area contributed by atoms with Crippen molar-refractivity contribution in [2.24, 2.45) is 10.1 Å². The average molecular weight is 508 g/mol. The lowest BCUT2D eigenvalue weighted by molar-refractivity contribution is -0.150. The van der Waals surface area contributed by atoms with Gasteiger partial charge in [0.1, 0.15) is 18.1 Å². The van der Waals surface area contributed by atoms with Crippen LogP contribution in [0.15, 0.2) is 61.6 Å². The Labute approximate surface area is 207 Å². The van der Waals surface area contributed by atoms with Gasteiger partial charge in [-0.1, -0.05) is 5.57 Å². The molecule has 2 aliphatic heterocycles. The van der Waals surface area contributed by atoms with E-state index in [0.29, 0.717) is 23.2 Å². The number of hydrogen-bond acceptors (Lipinski definition) is 7. The summed E-state index contributed by atoms with van der Waals surface area (Å²) >= 11 is 1.30. The first kappa shape index (κ1) is 24.7. The first-order valence-electron chi connectivity index (χ1n) is 10.8. The largest absolute Gasteiger partial charge is 0.397 e. The summed E-state index contributed by atoms with van der Waals surface area (Å²) in [5, 5.41) is 6.88. The highest BCUT2D eigenvalue weighted by molar-refractivity contribution is 7.99. The van der Waals surface area contributed by atoms with E-state index in [0.717, 1.165) is 29.5 Å². The molecule has 8 nitrogen and oxygen atoms in total. The highest BCUT2D eigenvalue weighted by Gasteiger charge is 2.31. The summed E-state index contributed by atoms with van der Waals surface area (Å²) in [7, 11) is 0. The minimum atomic E-state index is -4.55. The molecule has 1 amide bonds. The minimum Gasteiger partial charge on any atom is -0.348 e. The molecule has 35 heavy (non-hydrogen) atoms. The van der Waals surface area contributed by atoms with Gasteiger partial charge in [0.05, 0.1) is 0 Å². The number of benzene rings is 1. The number of nitrogens with zero attached hydrogens (tertiary/aromatic N) is 5. The fourth-order valence-electron chi connectivity index (χ4n) is 3.34. The number of nitrogens with one attached hydrogen (secondary N) is 2. The number of carbonyl (C=O) groups excluding carboxylic acids is 1. The third-order valence-corrected chi connectivity index (χ3v) is 6.10. The van der Waals surface area contributed by atoms with Gasteiger partial charge in [-0.25, -0.2) is 15.0 Å². The molecule has 1 aromatic carbocycles. The lowest BCUT2D eigenvalue weighted by Crippen LogP contribution is -2.41. The Morgan fingerprint density at radius 3 is 2.54 bits per heavy atom. The predicted octanol–water partition coefficient (Wildman–Crippen LogP) is 5.57. The van der Waals surface area contributed by atoms with E-state index in [1.54, 1.807) is 24.3 Å². The highest BCUT2D eigenvalue weighted by Crippen LogP contribution is 2.32. The number of alkyl halides is 3. The molecule has 1 saturated heterocycles. The van der Waals surface area contributed by atoms with E-state index < -0.39 is 18.5 Å². The second-order valence-corrected chi connectivity index (χ2v) is 9.53. The summed E-state index contributed by atoms with van der Waals surface area (Å²) in [6.45, 7) is 7.69. The van der Waals surface area contributed by atoms with Gasteiger partial charge in [0.15, 0.2) is 11.0 Å². The van der Waals surface area contributed by atoms with Crippen LogP contribution in [0.4, 0.5) is 30.5 Å². The van der Waals surface area contributed by atoms with Gasteiger partial charge >= 0.3 is 6.18 Å². The SMILES string of the molecule is CC1=NNC(=Nc2cc(N3CC(=C(C)C)C3)nc(Sc3ccc(NC(=O)CC(F)(F)F)cc3)n2)C1.[HH].[HH]. The number of amides is 1. The van der Waals surface area contributed by atoms with Gasteiger partial charge in [-0.3, -0.25) is 10.2 Å². The van der Waals surface area contributed by atoms with E-state index in [-0.39, 0.29) is 8.54 Å². The number of hydrogen-bond donors (Lipinski definition) is 2. The smallest absolute Gasteiger partial charge is 0.348 e. The molecule has 188 valence electrons. The van der Waals surface area contributed by atoms with Crippen LogP contribution >= 0.6 is 11.8 Å². The number of allylic oxidation sites excluding steroid dienone is 1. The van der Waals surface area contributed by atoms with Crippen LogP contribution in [0.3, 0.4) is 0 Å². The van der Waals surface area contributed by atoms with Crippen LogP contribution < -0.4 is 15.6 Å². The van der Waals surface area contributed by atoms with Crippen LogP contribution in [0.25, 0.3) is 0 Å². The molecule has 0 bridgehead atoms. The molecule has 0 radical (unpaired) electrons. The van der Waals surface area contributed by atoms with Gasteiger partial charge in [-0.15, -0.1) is 0 Å². The van der Waals surface area contributed by atoms with E-state index >= 15 is 0 Å². The number of hydrazone groups is 1. The number of amidine groups is 1. The van der Waals surface area contributed by atoms with Crippen molar-refractivity contribution in [3.05, 3.63) is 41.5 Å². The maximum absolute atomic E-state index is 12.4. The lowest BCUT2D eigenvalue weighted by Gasteiger charge is -2.36. The fraction of sp³-hybridized carbons (Fsp3) is 0.348. The Morgan fingerprint density at radius 2 is 1.94 bits per heavy atom. The molecule has 12 heteroatoms. The number of carbonyl (C=O) groups is 1. The molecule has 1 fully saturated rings. The van der Waals surface area contributed by atoms with Crippen LogP contribution in [0.1, 0.15) is 36.5 Å². The molecule has 2 aliphatic rings. The van der Waals surface area contributed by atoms with Crippen molar-refractivity contribution in [1.29, 1.82) is 0 Å². The summed E-state index contributed by atoms with van der Waals surface area (Å²) in [5.41, 5.74) is 6.79. The lowest BCUT2D eigenvalue weighted by atomic mass is 10.0. The number of aliphatic imine (C=N–C) groups is 1. The zero-order valence-corrected chi connectivity index (χ0v) is 20.2. The molecular weight excluding hydrogens is 479 g/mol. The fourth-order valence-corrected chi connectivity index (χ4v) is 4.10. The van der Waals surface area contributed by atoms with Crippen molar-refractivity contribution in [2.45, 2.75) is 49.8 Å². The molecule has 0 unspecified atom stereocenters. The number of anilines is 2. The Balaban J connectivity index is 0.00000241. The highest BCUT2D eigenvalue weighted by atomic mass is 32.2. The van der Waals surface area contributed by atoms with Crippen molar-refractivity contribution < 1.29 is 20.8 Å². The Bertz CT molecular complexity index is 1220. The normalized spacial score (nSPS) is 16.6. The molecule has 3 heterocycles. The van der Waals surface area contributed by atoms with E-state index in [2.05, 4.69) is 49.6 Å². The second kappa shape index (κ2) is 10.1. The maximum atomic E-state index is 12.4. The number of halogens is 3. The van der Waals surface area contributed by atoms with Crippen molar-refractivity contribution in [2.75, 3.05) is 23.3 Å². The van der Waals surface area contributed by atoms with Crippen LogP contribution in [-0.2, 0) is 4.79 Å². The van der Waals surface area contributed by atoms with E-state index in [1.165, 1.54) is 22.9 Å². The number of aromatic nitrogens is 2. The Hall–Kier alpha value is -3.41. The maximum Gasteiger partial charge on any atom is 0.397 e. The standard InChI is InChI=1S/C23H24F3N7OS.2H2/c1-13(2)15-11-33(12-15)20-9-18(28-19-8-14(3)31-32-19)29-22(30-20)35-17-6-4-16(5-7-17)27-21(34)10-23(24,25)26;;/h4-7,9H,8,10-12H2,1-3H3,(H,27,34)(H,28,29,30,32);2*1H. The van der Waals surface area contributed by atoms with Crippen molar-refractivity contribution in [3.8, 4) is 0 Å². The molecule has 0 saturated carbocycles. The molecule has 2 aromatic rings. The summed E-state index contributed by atoms with van der Waals surface area (Å²) in [6.07, 6.45) is -5.46. The van der Waals surface area contributed by atoms with Gasteiger partial charge in [0, 0.05) is 44.7 Å². The van der Waals surface area contributed by atoms with Gasteiger partial charge in [-0.2, -0.15) is 18.3 Å². The van der Waals surface area contributed by atoms with E-state index in [1.807, 2.05) is 13.0 Å². The average Bonchev–Trinajstić information content (AvgIpc) is 3.11. The van der Waals surface area contributed by atoms with Gasteiger partial charge in [-0.05, 0) is 62.4 Å². The quantitative estimate of drug-likeness (QED) is 0.392. The Morgan fingerprint density at radius 1 is 1.23 bits per heavy atom. The Kier molecular flexibility index (Phi) is 7.10. The van der Waals surface area contributed by atoms with E-state index in [4.69, 9.17) is 0 Å². The van der Waals surface area contributed by atoms with Crippen LogP contribution in [-0.4, -0.2) is 46.7 Å². The van der Waals surface area contributed by atoms with Crippen molar-refractivity contribution in [3.63, 3.8) is 0 Å². The third kappa shape index (κ3) is 6.81. The topological polar surface area (TPSA) is 94.9 Å². The first-order chi connectivity index (χ1) is 16.5. The first-order valence-corrected chi connectivity index (χ1v) is 11.7. The summed E-state index contributed by atoms with van der Waals surface area (Å²) in [4.78, 5) is 28.3. The van der Waals surface area contributed by atoms with Gasteiger partial charge < -0.3 is 10.2 Å². The van der Waals surface area contributed by atoms with E-state index in [9.17, 15) is 18.0 Å².